The van der Waals surface area contributed by atoms with E-state index in [0.29, 0.717) is 10.7 Å². The minimum Gasteiger partial charge on any atom is -0.497 e. The number of halogens is 1. The molecule has 0 atom stereocenters. The van der Waals surface area contributed by atoms with Crippen molar-refractivity contribution in [3.8, 4) is 16.3 Å². The number of carbonyl (C=O) groups is 1. The Bertz CT molecular complexity index is 1420. The lowest BCUT2D eigenvalue weighted by Gasteiger charge is -2.24. The van der Waals surface area contributed by atoms with Gasteiger partial charge in [-0.3, -0.25) is 14.4 Å². The molecule has 0 aliphatic rings. The molecule has 35 heavy (non-hydrogen) atoms. The number of sulfonamides is 1. The van der Waals surface area contributed by atoms with Crippen LogP contribution in [0.25, 0.3) is 10.6 Å². The predicted molar refractivity (Wildman–Crippen MR) is 140 cm³/mol. The van der Waals surface area contributed by atoms with Crippen LogP contribution in [0.2, 0.25) is 0 Å². The van der Waals surface area contributed by atoms with Crippen molar-refractivity contribution in [3.05, 3.63) is 82.8 Å². The summed E-state index contributed by atoms with van der Waals surface area (Å²) in [6.07, 6.45) is 0. The fraction of sp³-hybridized carbons (Fsp3) is 0.125. The number of benzene rings is 3. The molecule has 8 nitrogen and oxygen atoms in total. The van der Waals surface area contributed by atoms with E-state index in [4.69, 9.17) is 4.74 Å². The van der Waals surface area contributed by atoms with Crippen LogP contribution in [0.3, 0.4) is 0 Å². The summed E-state index contributed by atoms with van der Waals surface area (Å²) in [7, 11) is -2.42. The average molecular weight is 573 g/mol. The van der Waals surface area contributed by atoms with Crippen molar-refractivity contribution in [2.75, 3.05) is 23.3 Å². The minimum absolute atomic E-state index is 0.0940. The Kier molecular flexibility index (Phi) is 7.48. The van der Waals surface area contributed by atoms with Crippen molar-refractivity contribution in [1.82, 2.24) is 10.2 Å². The van der Waals surface area contributed by atoms with Gasteiger partial charge < -0.3 is 4.74 Å². The van der Waals surface area contributed by atoms with Gasteiger partial charge in [-0.15, -0.1) is 10.2 Å². The lowest BCUT2D eigenvalue weighted by molar-refractivity contribution is -0.114. The lowest BCUT2D eigenvalue weighted by atomic mass is 10.2. The largest absolute Gasteiger partial charge is 0.497 e. The molecule has 0 aliphatic heterocycles. The molecule has 1 amide bonds. The summed E-state index contributed by atoms with van der Waals surface area (Å²) in [5.74, 6) is 0.177. The van der Waals surface area contributed by atoms with E-state index in [0.717, 1.165) is 25.7 Å². The fourth-order valence-electron chi connectivity index (χ4n) is 3.17. The van der Waals surface area contributed by atoms with E-state index < -0.39 is 22.5 Å². The van der Waals surface area contributed by atoms with E-state index >= 15 is 0 Å². The number of aryl methyl sites for hydroxylation is 1. The number of hydrogen-bond acceptors (Lipinski definition) is 7. The van der Waals surface area contributed by atoms with Gasteiger partial charge in [0.05, 0.1) is 17.7 Å². The Morgan fingerprint density at radius 1 is 1.00 bits per heavy atom. The van der Waals surface area contributed by atoms with Crippen molar-refractivity contribution in [1.29, 1.82) is 0 Å². The van der Waals surface area contributed by atoms with Gasteiger partial charge in [-0.05, 0) is 67.6 Å². The molecule has 4 rings (SSSR count). The fourth-order valence-corrected chi connectivity index (χ4v) is 5.62. The normalized spacial score (nSPS) is 11.2. The first kappa shape index (κ1) is 24.8. The van der Waals surface area contributed by atoms with E-state index in [-0.39, 0.29) is 10.0 Å². The SMILES string of the molecule is COc1ccc(-c2nnc(NC(=O)CN(c3ccc(Br)cc3)S(=O)(=O)c3ccc(C)cc3)s2)cc1. The van der Waals surface area contributed by atoms with Crippen molar-refractivity contribution in [2.24, 2.45) is 0 Å². The van der Waals surface area contributed by atoms with Gasteiger partial charge >= 0.3 is 0 Å². The van der Waals surface area contributed by atoms with Crippen molar-refractivity contribution in [3.63, 3.8) is 0 Å². The summed E-state index contributed by atoms with van der Waals surface area (Å²) in [6.45, 7) is 1.44. The molecule has 0 radical (unpaired) electrons. The molecule has 3 aromatic carbocycles. The zero-order chi connectivity index (χ0) is 25.0. The molecular formula is C24H21BrN4O4S2. The van der Waals surface area contributed by atoms with Crippen molar-refractivity contribution < 1.29 is 17.9 Å². The average Bonchev–Trinajstić information content (AvgIpc) is 3.32. The van der Waals surface area contributed by atoms with Crippen LogP contribution in [0.5, 0.6) is 5.75 Å². The number of hydrogen-bond donors (Lipinski definition) is 1. The zero-order valence-corrected chi connectivity index (χ0v) is 22.0. The monoisotopic (exact) mass is 572 g/mol. The number of ether oxygens (including phenoxy) is 1. The highest BCUT2D eigenvalue weighted by Crippen LogP contribution is 2.29. The first-order valence-corrected chi connectivity index (χ1v) is 13.4. The molecule has 1 aromatic heterocycles. The highest BCUT2D eigenvalue weighted by molar-refractivity contribution is 9.10. The van der Waals surface area contributed by atoms with E-state index in [9.17, 15) is 13.2 Å². The Morgan fingerprint density at radius 3 is 2.29 bits per heavy atom. The molecule has 11 heteroatoms. The van der Waals surface area contributed by atoms with Crippen LogP contribution in [0.4, 0.5) is 10.8 Å². The number of nitrogens with zero attached hydrogens (tertiary/aromatic N) is 3. The summed E-state index contributed by atoms with van der Waals surface area (Å²) in [5, 5.41) is 11.7. The molecule has 1 N–H and O–H groups in total. The molecule has 0 unspecified atom stereocenters. The van der Waals surface area contributed by atoms with Gasteiger partial charge in [-0.25, -0.2) is 8.42 Å². The summed E-state index contributed by atoms with van der Waals surface area (Å²) in [6, 6.07) is 20.5. The quantitative estimate of drug-likeness (QED) is 0.314. The summed E-state index contributed by atoms with van der Waals surface area (Å²) >= 11 is 4.54. The second-order valence-electron chi connectivity index (χ2n) is 7.49. The smallest absolute Gasteiger partial charge is 0.264 e. The maximum absolute atomic E-state index is 13.5. The van der Waals surface area contributed by atoms with Gasteiger partial charge in [0.25, 0.3) is 10.0 Å². The van der Waals surface area contributed by atoms with Crippen molar-refractivity contribution >= 4 is 54.0 Å². The number of methoxy groups -OCH3 is 1. The Hall–Kier alpha value is -3.28. The molecule has 0 fully saturated rings. The second-order valence-corrected chi connectivity index (χ2v) is 11.2. The van der Waals surface area contributed by atoms with Crippen LogP contribution >= 0.6 is 27.3 Å². The highest BCUT2D eigenvalue weighted by atomic mass is 79.9. The van der Waals surface area contributed by atoms with Gasteiger partial charge in [0.15, 0.2) is 0 Å². The Balaban J connectivity index is 1.56. The third kappa shape index (κ3) is 5.87. The number of nitrogens with one attached hydrogen (secondary N) is 1. The molecular weight excluding hydrogens is 552 g/mol. The lowest BCUT2D eigenvalue weighted by Crippen LogP contribution is -2.38. The van der Waals surface area contributed by atoms with Crippen LogP contribution in [0, 0.1) is 6.92 Å². The third-order valence-corrected chi connectivity index (χ3v) is 8.22. The molecule has 180 valence electrons. The van der Waals surface area contributed by atoms with Crippen LogP contribution in [0.15, 0.2) is 82.2 Å². The van der Waals surface area contributed by atoms with Gasteiger partial charge in [0.1, 0.15) is 17.3 Å². The van der Waals surface area contributed by atoms with Gasteiger partial charge in [-0.1, -0.05) is 45.0 Å². The first-order chi connectivity index (χ1) is 16.8. The predicted octanol–water partition coefficient (Wildman–Crippen LogP) is 5.12. The Morgan fingerprint density at radius 2 is 1.66 bits per heavy atom. The number of carbonyl (C=O) groups excluding carboxylic acids is 1. The van der Waals surface area contributed by atoms with Crippen molar-refractivity contribution in [2.45, 2.75) is 11.8 Å². The summed E-state index contributed by atoms with van der Waals surface area (Å²) in [5.41, 5.74) is 2.11. The van der Waals surface area contributed by atoms with Crippen LogP contribution in [-0.4, -0.2) is 38.2 Å². The standard InChI is InChI=1S/C24H21BrN4O4S2/c1-16-3-13-21(14-4-16)35(31,32)29(19-9-7-18(25)8-10-19)15-22(30)26-24-28-27-23(34-24)17-5-11-20(33-2)12-6-17/h3-14H,15H2,1-2H3,(H,26,28,30). The Labute approximate surface area is 215 Å². The first-order valence-electron chi connectivity index (χ1n) is 10.4. The molecule has 0 spiro atoms. The third-order valence-electron chi connectivity index (χ3n) is 5.02. The number of amides is 1. The molecule has 4 aromatic rings. The molecule has 0 saturated carbocycles. The molecule has 0 saturated heterocycles. The second kappa shape index (κ2) is 10.5. The van der Waals surface area contributed by atoms with Gasteiger partial charge in [-0.2, -0.15) is 0 Å². The maximum atomic E-state index is 13.5. The molecule has 1 heterocycles. The summed E-state index contributed by atoms with van der Waals surface area (Å²) in [4.78, 5) is 13.0. The van der Waals surface area contributed by atoms with Gasteiger partial charge in [0, 0.05) is 10.0 Å². The number of anilines is 2. The molecule has 0 bridgehead atoms. The molecule has 0 aliphatic carbocycles. The zero-order valence-electron chi connectivity index (χ0n) is 18.8. The summed E-state index contributed by atoms with van der Waals surface area (Å²) < 4.78 is 33.9. The topological polar surface area (TPSA) is 101 Å². The van der Waals surface area contributed by atoms with Crippen LogP contribution in [0.1, 0.15) is 5.56 Å². The van der Waals surface area contributed by atoms with E-state index in [2.05, 4.69) is 31.4 Å². The van der Waals surface area contributed by atoms with Gasteiger partial charge in [0.2, 0.25) is 11.0 Å². The highest BCUT2D eigenvalue weighted by Gasteiger charge is 2.27. The number of aromatic nitrogens is 2. The van der Waals surface area contributed by atoms with E-state index in [1.165, 1.54) is 23.5 Å². The van der Waals surface area contributed by atoms with Crippen LogP contribution < -0.4 is 14.4 Å². The maximum Gasteiger partial charge on any atom is 0.264 e. The minimum atomic E-state index is -4.00. The van der Waals surface area contributed by atoms with E-state index in [1.807, 2.05) is 19.1 Å². The van der Waals surface area contributed by atoms with Crippen LogP contribution in [-0.2, 0) is 14.8 Å². The number of rotatable bonds is 8. The van der Waals surface area contributed by atoms with E-state index in [1.54, 1.807) is 55.6 Å².